The number of nitrogens with zero attached hydrogens (tertiary/aromatic N) is 1. The van der Waals surface area contributed by atoms with Crippen LogP contribution in [0.4, 0.5) is 0 Å². The number of hydrogen-bond donors (Lipinski definition) is 1. The molecule has 0 spiro atoms. The maximum Gasteiger partial charge on any atom is 0.260 e. The van der Waals surface area contributed by atoms with E-state index in [2.05, 4.69) is 12.2 Å². The van der Waals surface area contributed by atoms with Gasteiger partial charge in [0.05, 0.1) is 0 Å². The molecule has 0 radical (unpaired) electrons. The molecule has 1 saturated heterocycles. The number of nitrogens with one attached hydrogen (secondary N) is 1. The molecule has 124 valence electrons. The Bertz CT molecular complexity index is 575. The van der Waals surface area contributed by atoms with Crippen LogP contribution < -0.4 is 10.1 Å². The zero-order chi connectivity index (χ0) is 16.2. The number of carbonyl (C=O) groups excluding carboxylic acids is 2. The lowest BCUT2D eigenvalue weighted by atomic mass is 9.99. The minimum atomic E-state index is -0.0747. The van der Waals surface area contributed by atoms with Crippen molar-refractivity contribution < 1.29 is 14.3 Å². The van der Waals surface area contributed by atoms with Gasteiger partial charge in [-0.05, 0) is 49.8 Å². The van der Waals surface area contributed by atoms with Crippen molar-refractivity contribution >= 4 is 11.8 Å². The fourth-order valence-corrected chi connectivity index (χ4v) is 2.72. The third-order valence-electron chi connectivity index (χ3n) is 4.51. The van der Waals surface area contributed by atoms with E-state index in [-0.39, 0.29) is 18.4 Å². The molecule has 5 heteroatoms. The number of ether oxygens (including phenoxy) is 1. The summed E-state index contributed by atoms with van der Waals surface area (Å²) < 4.78 is 5.59. The fourth-order valence-electron chi connectivity index (χ4n) is 2.72. The first-order valence-corrected chi connectivity index (χ1v) is 8.43. The third-order valence-corrected chi connectivity index (χ3v) is 4.51. The van der Waals surface area contributed by atoms with Crippen LogP contribution in [0.3, 0.4) is 0 Å². The van der Waals surface area contributed by atoms with E-state index in [1.165, 1.54) is 0 Å². The summed E-state index contributed by atoms with van der Waals surface area (Å²) in [5.74, 6) is 1.20. The summed E-state index contributed by atoms with van der Waals surface area (Å²) in [7, 11) is 0. The van der Waals surface area contributed by atoms with Crippen LogP contribution in [-0.4, -0.2) is 42.5 Å². The van der Waals surface area contributed by atoms with Crippen molar-refractivity contribution in [3.63, 3.8) is 0 Å². The lowest BCUT2D eigenvalue weighted by molar-refractivity contribution is -0.134. The molecule has 0 atom stereocenters. The summed E-state index contributed by atoms with van der Waals surface area (Å²) >= 11 is 0. The first-order chi connectivity index (χ1) is 11.1. The molecule has 2 amide bonds. The number of piperidine rings is 1. The number of likely N-dealkylation sites (tertiary alicyclic amines) is 1. The van der Waals surface area contributed by atoms with Crippen LogP contribution in [0.2, 0.25) is 0 Å². The summed E-state index contributed by atoms with van der Waals surface area (Å²) in [5.41, 5.74) is 0.577. The first-order valence-electron chi connectivity index (χ1n) is 8.43. The molecule has 23 heavy (non-hydrogen) atoms. The molecule has 1 aromatic rings. The molecular formula is C18H24N2O3. The molecule has 1 heterocycles. The van der Waals surface area contributed by atoms with Gasteiger partial charge in [-0.25, -0.2) is 0 Å². The van der Waals surface area contributed by atoms with Crippen molar-refractivity contribution in [2.75, 3.05) is 19.7 Å². The molecule has 3 rings (SSSR count). The van der Waals surface area contributed by atoms with E-state index < -0.39 is 0 Å². The van der Waals surface area contributed by atoms with E-state index in [9.17, 15) is 9.59 Å². The van der Waals surface area contributed by atoms with Gasteiger partial charge in [-0.15, -0.1) is 0 Å². The summed E-state index contributed by atoms with van der Waals surface area (Å²) in [6, 6.07) is 7.35. The Morgan fingerprint density at radius 1 is 1.22 bits per heavy atom. The average Bonchev–Trinajstić information content (AvgIpc) is 3.37. The van der Waals surface area contributed by atoms with Gasteiger partial charge in [0.25, 0.3) is 11.8 Å². The van der Waals surface area contributed by atoms with E-state index in [1.54, 1.807) is 24.3 Å². The number of carbonyl (C=O) groups is 2. The maximum atomic E-state index is 12.2. The minimum absolute atomic E-state index is 0.0183. The Morgan fingerprint density at radius 2 is 1.96 bits per heavy atom. The standard InChI is InChI=1S/C18H24N2O3/c1-13-7-9-20(10-8-13)17(21)12-23-16-4-2-3-14(11-16)18(22)19-15-5-6-15/h2-4,11,13,15H,5-10,12H2,1H3,(H,19,22). The van der Waals surface area contributed by atoms with E-state index in [4.69, 9.17) is 4.74 Å². The summed E-state index contributed by atoms with van der Waals surface area (Å²) in [6.07, 6.45) is 4.24. The van der Waals surface area contributed by atoms with Crippen LogP contribution in [0.25, 0.3) is 0 Å². The number of rotatable bonds is 5. The molecule has 0 unspecified atom stereocenters. The Kier molecular flexibility index (Phi) is 4.84. The molecule has 2 aliphatic rings. The van der Waals surface area contributed by atoms with E-state index in [0.717, 1.165) is 38.8 Å². The van der Waals surface area contributed by atoms with Crippen LogP contribution in [0.5, 0.6) is 5.75 Å². The van der Waals surface area contributed by atoms with Crippen LogP contribution in [-0.2, 0) is 4.79 Å². The molecule has 1 N–H and O–H groups in total. The van der Waals surface area contributed by atoms with Gasteiger partial charge in [-0.3, -0.25) is 9.59 Å². The second kappa shape index (κ2) is 7.02. The highest BCUT2D eigenvalue weighted by atomic mass is 16.5. The molecule has 1 aliphatic heterocycles. The number of hydrogen-bond acceptors (Lipinski definition) is 3. The zero-order valence-electron chi connectivity index (χ0n) is 13.6. The monoisotopic (exact) mass is 316 g/mol. The Hall–Kier alpha value is -2.04. The summed E-state index contributed by atoms with van der Waals surface area (Å²) in [6.45, 7) is 3.87. The van der Waals surface area contributed by atoms with Gasteiger partial charge in [-0.2, -0.15) is 0 Å². The van der Waals surface area contributed by atoms with Crippen LogP contribution in [0.1, 0.15) is 43.0 Å². The smallest absolute Gasteiger partial charge is 0.260 e. The highest BCUT2D eigenvalue weighted by Crippen LogP contribution is 2.21. The van der Waals surface area contributed by atoms with Gasteiger partial charge >= 0.3 is 0 Å². The molecule has 0 aromatic heterocycles. The molecule has 1 saturated carbocycles. The van der Waals surface area contributed by atoms with E-state index >= 15 is 0 Å². The SMILES string of the molecule is CC1CCN(C(=O)COc2cccc(C(=O)NC3CC3)c2)CC1. The second-order valence-corrected chi connectivity index (χ2v) is 6.63. The van der Waals surface area contributed by atoms with Gasteiger partial charge in [-0.1, -0.05) is 13.0 Å². The average molecular weight is 316 g/mol. The topological polar surface area (TPSA) is 58.6 Å². The highest BCUT2D eigenvalue weighted by molar-refractivity contribution is 5.95. The third kappa shape index (κ3) is 4.47. The number of benzene rings is 1. The van der Waals surface area contributed by atoms with Gasteiger partial charge in [0.1, 0.15) is 5.75 Å². The van der Waals surface area contributed by atoms with E-state index in [1.807, 2.05) is 4.90 Å². The fraction of sp³-hybridized carbons (Fsp3) is 0.556. The molecule has 1 aromatic carbocycles. The molecular weight excluding hydrogens is 292 g/mol. The molecule has 1 aliphatic carbocycles. The Labute approximate surface area is 137 Å². The molecule has 5 nitrogen and oxygen atoms in total. The van der Waals surface area contributed by atoms with Crippen LogP contribution >= 0.6 is 0 Å². The van der Waals surface area contributed by atoms with Crippen molar-refractivity contribution in [3.05, 3.63) is 29.8 Å². The number of amides is 2. The summed E-state index contributed by atoms with van der Waals surface area (Å²) in [5, 5.41) is 2.95. The molecule has 2 fully saturated rings. The van der Waals surface area contributed by atoms with E-state index in [0.29, 0.717) is 23.3 Å². The second-order valence-electron chi connectivity index (χ2n) is 6.63. The van der Waals surface area contributed by atoms with Crippen molar-refractivity contribution in [2.24, 2.45) is 5.92 Å². The molecule has 0 bridgehead atoms. The minimum Gasteiger partial charge on any atom is -0.484 e. The van der Waals surface area contributed by atoms with Crippen molar-refractivity contribution in [1.29, 1.82) is 0 Å². The lowest BCUT2D eigenvalue weighted by Crippen LogP contribution is -2.40. The zero-order valence-corrected chi connectivity index (χ0v) is 13.6. The largest absolute Gasteiger partial charge is 0.484 e. The van der Waals surface area contributed by atoms with Gasteiger partial charge in [0.2, 0.25) is 0 Å². The van der Waals surface area contributed by atoms with Crippen molar-refractivity contribution in [2.45, 2.75) is 38.6 Å². The highest BCUT2D eigenvalue weighted by Gasteiger charge is 2.24. The van der Waals surface area contributed by atoms with Crippen molar-refractivity contribution in [1.82, 2.24) is 10.2 Å². The summed E-state index contributed by atoms with van der Waals surface area (Å²) in [4.78, 5) is 26.1. The quantitative estimate of drug-likeness (QED) is 0.906. The van der Waals surface area contributed by atoms with Gasteiger partial charge in [0, 0.05) is 24.7 Å². The maximum absolute atomic E-state index is 12.2. The Morgan fingerprint density at radius 3 is 2.65 bits per heavy atom. The van der Waals surface area contributed by atoms with Crippen LogP contribution in [0, 0.1) is 5.92 Å². The lowest BCUT2D eigenvalue weighted by Gasteiger charge is -2.30. The normalized spacial score (nSPS) is 18.6. The predicted octanol–water partition coefficient (Wildman–Crippen LogP) is 2.22. The predicted molar refractivity (Wildman–Crippen MR) is 87.4 cm³/mol. The van der Waals surface area contributed by atoms with Crippen molar-refractivity contribution in [3.8, 4) is 5.75 Å². The van der Waals surface area contributed by atoms with Crippen LogP contribution in [0.15, 0.2) is 24.3 Å². The Balaban J connectivity index is 1.51. The van der Waals surface area contributed by atoms with Gasteiger partial charge < -0.3 is 15.0 Å². The first kappa shape index (κ1) is 15.8. The van der Waals surface area contributed by atoms with Gasteiger partial charge in [0.15, 0.2) is 6.61 Å².